The second kappa shape index (κ2) is 21.3. The third-order valence-corrected chi connectivity index (χ3v) is 12.4. The average molecular weight is 933 g/mol. The van der Waals surface area contributed by atoms with Gasteiger partial charge in [-0.25, -0.2) is 4.98 Å². The van der Waals surface area contributed by atoms with Crippen molar-refractivity contribution in [3.05, 3.63) is 137 Å². The number of unbranched alkanes of at least 4 members (excludes halogenated alkanes) is 4. The van der Waals surface area contributed by atoms with Crippen LogP contribution in [0.2, 0.25) is 5.02 Å². The van der Waals surface area contributed by atoms with E-state index in [0.29, 0.717) is 53.2 Å². The van der Waals surface area contributed by atoms with Gasteiger partial charge in [-0.05, 0) is 109 Å². The highest BCUT2D eigenvalue weighted by molar-refractivity contribution is 6.34. The Kier molecular flexibility index (Phi) is 14.6. The Morgan fingerprint density at radius 3 is 2.28 bits per heavy atom. The number of hydrogen-bond donors (Lipinski definition) is 6. The number of rotatable bonds is 19. The number of ether oxygens (including phenoxy) is 1. The fraction of sp³-hybridized carbons (Fsp3) is 0.245. The summed E-state index contributed by atoms with van der Waals surface area (Å²) in [6, 6.07) is 28.1. The van der Waals surface area contributed by atoms with Crippen LogP contribution in [-0.2, 0) is 18.3 Å². The molecule has 0 fully saturated rings. The number of imidazole rings is 1. The van der Waals surface area contributed by atoms with Crippen LogP contribution >= 0.6 is 11.6 Å². The standard InChI is InChI=1S/C53H54ClN9O5/c1-4-39-42(31-60-50(55)49(39)33-11-15-37(64)16-12-33)36-13-18-44(59-30-36)52(67)58-24-20-48(65)56-22-8-6-5-7-9-23-57-51(66)40-27-38(17-10-32(40)2)68-53-61-45-28-41(43(54)29-46(45)62-53)34-14-19-47-35(26-34)21-25-63(47)3/h10-19,21,25-31,64H,4-9,20,22-24H2,1-3H3,(H2,55,60)(H,56,65)(H,57,66)(H,58,67)(H,61,62). The van der Waals surface area contributed by atoms with Crippen LogP contribution in [0.5, 0.6) is 17.5 Å². The molecule has 4 aromatic carbocycles. The summed E-state index contributed by atoms with van der Waals surface area (Å²) in [4.78, 5) is 55.1. The van der Waals surface area contributed by atoms with Crippen LogP contribution in [0.25, 0.3) is 55.3 Å². The molecule has 14 nitrogen and oxygen atoms in total. The number of H-pyrrole nitrogens is 1. The number of nitrogens with two attached hydrogens (primary N) is 1. The first-order valence-electron chi connectivity index (χ1n) is 22.8. The van der Waals surface area contributed by atoms with E-state index < -0.39 is 0 Å². The summed E-state index contributed by atoms with van der Waals surface area (Å²) in [6.07, 6.45) is 10.7. The lowest BCUT2D eigenvalue weighted by atomic mass is 9.92. The van der Waals surface area contributed by atoms with E-state index in [1.807, 2.05) is 57.4 Å². The van der Waals surface area contributed by atoms with Crippen molar-refractivity contribution in [2.75, 3.05) is 25.4 Å². The SMILES string of the molecule is CCc1c(-c2ccc(C(=O)NCCC(=O)NCCCCCCCNC(=O)c3cc(Oc4nc5cc(-c6ccc7c(ccn7C)c6)c(Cl)cc5[nH]4)ccc3C)nc2)cnc(N)c1-c1ccc(O)cc1. The number of pyridine rings is 2. The number of amides is 3. The van der Waals surface area contributed by atoms with Gasteiger partial charge in [0.1, 0.15) is 23.0 Å². The normalized spacial score (nSPS) is 11.2. The molecule has 0 aliphatic heterocycles. The number of anilines is 1. The van der Waals surface area contributed by atoms with Gasteiger partial charge >= 0.3 is 0 Å². The van der Waals surface area contributed by atoms with E-state index in [4.69, 9.17) is 22.1 Å². The van der Waals surface area contributed by atoms with Crippen molar-refractivity contribution in [1.29, 1.82) is 0 Å². The van der Waals surface area contributed by atoms with Crippen molar-refractivity contribution >= 4 is 57.1 Å². The van der Waals surface area contributed by atoms with Gasteiger partial charge < -0.3 is 41.1 Å². The summed E-state index contributed by atoms with van der Waals surface area (Å²) in [5, 5.41) is 20.2. The number of phenolic OH excluding ortho intramolecular Hbond substituents is 1. The van der Waals surface area contributed by atoms with Gasteiger partial charge in [0.05, 0.1) is 16.1 Å². The van der Waals surface area contributed by atoms with E-state index in [1.54, 1.807) is 48.8 Å². The van der Waals surface area contributed by atoms with E-state index in [9.17, 15) is 19.5 Å². The third-order valence-electron chi connectivity index (χ3n) is 12.0. The molecule has 0 saturated heterocycles. The molecule has 8 rings (SSSR count). The number of phenols is 1. The highest BCUT2D eigenvalue weighted by Crippen LogP contribution is 2.37. The second-order valence-electron chi connectivity index (χ2n) is 16.8. The number of nitrogens with one attached hydrogen (secondary N) is 4. The molecule has 348 valence electrons. The first-order chi connectivity index (χ1) is 32.9. The molecular formula is C53H54ClN9O5. The van der Waals surface area contributed by atoms with Crippen molar-refractivity contribution in [2.24, 2.45) is 7.05 Å². The van der Waals surface area contributed by atoms with Gasteiger partial charge in [-0.1, -0.05) is 68.1 Å². The van der Waals surface area contributed by atoms with Crippen LogP contribution in [0.4, 0.5) is 5.82 Å². The first kappa shape index (κ1) is 46.8. The number of aromatic amines is 1. The minimum absolute atomic E-state index is 0.137. The maximum absolute atomic E-state index is 13.2. The molecule has 4 heterocycles. The number of hydrogen-bond acceptors (Lipinski definition) is 9. The second-order valence-corrected chi connectivity index (χ2v) is 17.2. The van der Waals surface area contributed by atoms with Crippen molar-refractivity contribution in [3.8, 4) is 50.9 Å². The molecule has 8 aromatic rings. The molecule has 15 heteroatoms. The fourth-order valence-electron chi connectivity index (χ4n) is 8.34. The molecule has 7 N–H and O–H groups in total. The molecule has 3 amide bonds. The third kappa shape index (κ3) is 10.9. The maximum Gasteiger partial charge on any atom is 0.300 e. The van der Waals surface area contributed by atoms with E-state index >= 15 is 0 Å². The van der Waals surface area contributed by atoms with Crippen molar-refractivity contribution in [1.82, 2.24) is 40.5 Å². The number of aryl methyl sites for hydroxylation is 2. The molecular weight excluding hydrogens is 878 g/mol. The lowest BCUT2D eigenvalue weighted by molar-refractivity contribution is -0.120. The molecule has 0 radical (unpaired) electrons. The van der Waals surface area contributed by atoms with Gasteiger partial charge in [-0.15, -0.1) is 0 Å². The van der Waals surface area contributed by atoms with E-state index in [0.717, 1.165) is 93.0 Å². The van der Waals surface area contributed by atoms with Crippen molar-refractivity contribution in [2.45, 2.75) is 58.8 Å². The number of benzene rings is 4. The Labute approximate surface area is 399 Å². The van der Waals surface area contributed by atoms with E-state index in [2.05, 4.69) is 64.7 Å². The number of fused-ring (bicyclic) bond motifs is 2. The molecule has 0 aliphatic rings. The molecule has 0 atom stereocenters. The monoisotopic (exact) mass is 931 g/mol. The summed E-state index contributed by atoms with van der Waals surface area (Å²) in [5.41, 5.74) is 16.6. The van der Waals surface area contributed by atoms with Crippen molar-refractivity contribution in [3.63, 3.8) is 0 Å². The van der Waals surface area contributed by atoms with Gasteiger partial charge in [0.15, 0.2) is 0 Å². The van der Waals surface area contributed by atoms with Gasteiger partial charge in [-0.3, -0.25) is 19.4 Å². The van der Waals surface area contributed by atoms with Gasteiger partial charge in [0, 0.05) is 90.4 Å². The van der Waals surface area contributed by atoms with Crippen LogP contribution in [0.3, 0.4) is 0 Å². The highest BCUT2D eigenvalue weighted by Gasteiger charge is 2.18. The van der Waals surface area contributed by atoms with Crippen LogP contribution in [0.1, 0.15) is 77.4 Å². The zero-order chi connectivity index (χ0) is 47.7. The highest BCUT2D eigenvalue weighted by atomic mass is 35.5. The quantitative estimate of drug-likeness (QED) is 0.0427. The van der Waals surface area contributed by atoms with Crippen LogP contribution < -0.4 is 26.4 Å². The lowest BCUT2D eigenvalue weighted by Crippen LogP contribution is -2.31. The minimum atomic E-state index is -0.369. The number of nitrogen functional groups attached to an aromatic ring is 1. The van der Waals surface area contributed by atoms with Crippen LogP contribution in [-0.4, -0.2) is 67.0 Å². The zero-order valence-electron chi connectivity index (χ0n) is 38.3. The maximum atomic E-state index is 13.2. The van der Waals surface area contributed by atoms with E-state index in [1.165, 1.54) is 0 Å². The predicted octanol–water partition coefficient (Wildman–Crippen LogP) is 10.1. The average Bonchev–Trinajstić information content (AvgIpc) is 3.92. The molecule has 4 aromatic heterocycles. The molecule has 0 unspecified atom stereocenters. The summed E-state index contributed by atoms with van der Waals surface area (Å²) in [6.45, 7) is 5.19. The Balaban J connectivity index is 0.712. The fourth-order valence-corrected chi connectivity index (χ4v) is 8.61. The zero-order valence-corrected chi connectivity index (χ0v) is 39.0. The largest absolute Gasteiger partial charge is 0.508 e. The summed E-state index contributed by atoms with van der Waals surface area (Å²) < 4.78 is 8.18. The topological polar surface area (TPSA) is 202 Å². The molecule has 68 heavy (non-hydrogen) atoms. The predicted molar refractivity (Wildman–Crippen MR) is 268 cm³/mol. The van der Waals surface area contributed by atoms with Gasteiger partial charge in [0.25, 0.3) is 17.8 Å². The first-order valence-corrected chi connectivity index (χ1v) is 23.2. The summed E-state index contributed by atoms with van der Waals surface area (Å²) >= 11 is 6.74. The number of nitrogens with zero attached hydrogens (tertiary/aromatic N) is 4. The van der Waals surface area contributed by atoms with Gasteiger partial charge in [-0.2, -0.15) is 4.98 Å². The Morgan fingerprint density at radius 2 is 1.51 bits per heavy atom. The smallest absolute Gasteiger partial charge is 0.300 e. The summed E-state index contributed by atoms with van der Waals surface area (Å²) in [7, 11) is 2.02. The van der Waals surface area contributed by atoms with E-state index in [-0.39, 0.29) is 42.1 Å². The van der Waals surface area contributed by atoms with Crippen LogP contribution in [0, 0.1) is 6.92 Å². The number of aromatic hydroxyl groups is 1. The number of carbonyl (C=O) groups is 3. The lowest BCUT2D eigenvalue weighted by Gasteiger charge is -2.16. The number of carbonyl (C=O) groups excluding carboxylic acids is 3. The number of halogens is 1. The van der Waals surface area contributed by atoms with Gasteiger partial charge in [0.2, 0.25) is 5.91 Å². The molecule has 0 spiro atoms. The molecule has 0 saturated carbocycles. The van der Waals surface area contributed by atoms with Crippen molar-refractivity contribution < 1.29 is 24.2 Å². The van der Waals surface area contributed by atoms with Crippen LogP contribution in [0.15, 0.2) is 110 Å². The minimum Gasteiger partial charge on any atom is -0.508 e. The Hall–Kier alpha value is -7.71. The Bertz CT molecular complexity index is 3110. The molecule has 0 bridgehead atoms. The Morgan fingerprint density at radius 1 is 0.779 bits per heavy atom. The summed E-state index contributed by atoms with van der Waals surface area (Å²) in [5.74, 6) is 0.365. The number of aromatic nitrogens is 5. The molecule has 0 aliphatic carbocycles.